The summed E-state index contributed by atoms with van der Waals surface area (Å²) in [5.41, 5.74) is 3.80. The molecule has 1 aliphatic rings. The van der Waals surface area contributed by atoms with E-state index in [0.29, 0.717) is 11.3 Å². The van der Waals surface area contributed by atoms with Crippen LogP contribution in [0.15, 0.2) is 71.5 Å². The van der Waals surface area contributed by atoms with Crippen molar-refractivity contribution in [2.75, 3.05) is 7.11 Å². The first-order valence-corrected chi connectivity index (χ1v) is 9.09. The minimum Gasteiger partial charge on any atom is -0.504 e. The van der Waals surface area contributed by atoms with Crippen molar-refractivity contribution in [1.82, 2.24) is 5.32 Å². The van der Waals surface area contributed by atoms with Gasteiger partial charge < -0.3 is 15.2 Å². The van der Waals surface area contributed by atoms with Crippen molar-refractivity contribution >= 4 is 12.0 Å². The molecule has 0 bridgehead atoms. The molecule has 0 aromatic heterocycles. The SMILES string of the molecule is C/C=C\C1=C(NC(=O)/C=C/c2ccc(OC)c(O)c2)C=CC=C(C)C1.CC. The molecule has 1 aliphatic carbocycles. The zero-order chi connectivity index (χ0) is 20.2. The Balaban J connectivity index is 0.00000176. The van der Waals surface area contributed by atoms with E-state index in [1.807, 2.05) is 51.2 Å². The van der Waals surface area contributed by atoms with Crippen LogP contribution in [0.3, 0.4) is 0 Å². The minimum atomic E-state index is -0.225. The van der Waals surface area contributed by atoms with Gasteiger partial charge in [-0.25, -0.2) is 0 Å². The third-order valence-electron chi connectivity index (χ3n) is 3.71. The van der Waals surface area contributed by atoms with Crippen molar-refractivity contribution in [2.45, 2.75) is 34.1 Å². The summed E-state index contributed by atoms with van der Waals surface area (Å²) in [6.45, 7) is 8.02. The highest BCUT2D eigenvalue weighted by Gasteiger charge is 2.08. The minimum absolute atomic E-state index is 0.0383. The van der Waals surface area contributed by atoms with E-state index in [9.17, 15) is 9.90 Å². The number of carbonyl (C=O) groups excluding carboxylic acids is 1. The Morgan fingerprint density at radius 2 is 2.00 bits per heavy atom. The predicted molar refractivity (Wildman–Crippen MR) is 113 cm³/mol. The molecule has 0 radical (unpaired) electrons. The van der Waals surface area contributed by atoms with Crippen molar-refractivity contribution in [3.8, 4) is 11.5 Å². The van der Waals surface area contributed by atoms with Gasteiger partial charge in [-0.2, -0.15) is 0 Å². The molecular formula is C23H29NO3. The molecule has 1 aromatic rings. The Labute approximate surface area is 162 Å². The van der Waals surface area contributed by atoms with Gasteiger partial charge in [0.15, 0.2) is 11.5 Å². The summed E-state index contributed by atoms with van der Waals surface area (Å²) in [4.78, 5) is 12.2. The third-order valence-corrected chi connectivity index (χ3v) is 3.71. The van der Waals surface area contributed by atoms with Gasteiger partial charge in [0.2, 0.25) is 5.91 Å². The van der Waals surface area contributed by atoms with Crippen LogP contribution in [-0.4, -0.2) is 18.1 Å². The smallest absolute Gasteiger partial charge is 0.248 e. The van der Waals surface area contributed by atoms with Crippen molar-refractivity contribution < 1.29 is 14.6 Å². The molecule has 144 valence electrons. The second-order valence-electron chi connectivity index (χ2n) is 5.74. The van der Waals surface area contributed by atoms with E-state index >= 15 is 0 Å². The number of benzene rings is 1. The second kappa shape index (κ2) is 11.6. The lowest BCUT2D eigenvalue weighted by atomic mass is 10.1. The lowest BCUT2D eigenvalue weighted by Crippen LogP contribution is -2.20. The Hall–Kier alpha value is -3.01. The van der Waals surface area contributed by atoms with Gasteiger partial charge in [0.05, 0.1) is 7.11 Å². The van der Waals surface area contributed by atoms with Crippen LogP contribution in [0.25, 0.3) is 6.08 Å². The molecule has 0 fully saturated rings. The van der Waals surface area contributed by atoms with Gasteiger partial charge in [-0.05, 0) is 55.7 Å². The Morgan fingerprint density at radius 3 is 2.63 bits per heavy atom. The van der Waals surface area contributed by atoms with Gasteiger partial charge in [-0.1, -0.05) is 49.8 Å². The number of methoxy groups -OCH3 is 1. The predicted octanol–water partition coefficient (Wildman–Crippen LogP) is 5.29. The summed E-state index contributed by atoms with van der Waals surface area (Å²) in [6.07, 6.45) is 13.7. The molecule has 4 heteroatoms. The third kappa shape index (κ3) is 7.02. The molecule has 1 amide bonds. The fraction of sp³-hybridized carbons (Fsp3) is 0.261. The quantitative estimate of drug-likeness (QED) is 0.695. The number of ether oxygens (including phenoxy) is 1. The summed E-state index contributed by atoms with van der Waals surface area (Å²) in [5, 5.41) is 12.7. The van der Waals surface area contributed by atoms with E-state index in [1.165, 1.54) is 18.8 Å². The van der Waals surface area contributed by atoms with E-state index in [-0.39, 0.29) is 11.7 Å². The number of allylic oxidation sites excluding steroid dienone is 7. The first-order valence-electron chi connectivity index (χ1n) is 9.09. The molecule has 1 aromatic carbocycles. The standard InChI is InChI=1S/C21H23NO3.C2H6/c1-4-6-17-13-15(2)7-5-8-18(17)22-21(24)12-10-16-9-11-20(25-3)19(23)14-16;1-2/h4-12,14,23H,13H2,1-3H3,(H,22,24);1-2H3/b6-4-,12-10+;. The van der Waals surface area contributed by atoms with Gasteiger partial charge in [0.1, 0.15) is 0 Å². The number of aromatic hydroxyl groups is 1. The van der Waals surface area contributed by atoms with E-state index in [0.717, 1.165) is 17.7 Å². The van der Waals surface area contributed by atoms with Crippen molar-refractivity contribution in [3.05, 3.63) is 77.1 Å². The molecular weight excluding hydrogens is 338 g/mol. The molecule has 0 saturated carbocycles. The zero-order valence-corrected chi connectivity index (χ0v) is 16.7. The van der Waals surface area contributed by atoms with Crippen LogP contribution < -0.4 is 10.1 Å². The van der Waals surface area contributed by atoms with E-state index in [4.69, 9.17) is 4.74 Å². The van der Waals surface area contributed by atoms with E-state index < -0.39 is 0 Å². The molecule has 0 heterocycles. The second-order valence-corrected chi connectivity index (χ2v) is 5.74. The van der Waals surface area contributed by atoms with Gasteiger partial charge in [0.25, 0.3) is 0 Å². The first kappa shape index (κ1) is 22.0. The first-order chi connectivity index (χ1) is 13.0. The molecule has 0 saturated heterocycles. The van der Waals surface area contributed by atoms with Gasteiger partial charge in [-0.15, -0.1) is 0 Å². The zero-order valence-electron chi connectivity index (χ0n) is 16.7. The number of nitrogens with one attached hydrogen (secondary N) is 1. The normalized spacial score (nSPS) is 13.9. The average Bonchev–Trinajstić information content (AvgIpc) is 2.83. The number of hydrogen-bond acceptors (Lipinski definition) is 3. The Morgan fingerprint density at radius 1 is 1.26 bits per heavy atom. The monoisotopic (exact) mass is 367 g/mol. The van der Waals surface area contributed by atoms with E-state index in [1.54, 1.807) is 24.3 Å². The highest BCUT2D eigenvalue weighted by molar-refractivity contribution is 5.93. The molecule has 27 heavy (non-hydrogen) atoms. The van der Waals surface area contributed by atoms with E-state index in [2.05, 4.69) is 12.2 Å². The highest BCUT2D eigenvalue weighted by Crippen LogP contribution is 2.26. The number of amides is 1. The lowest BCUT2D eigenvalue weighted by molar-refractivity contribution is -0.115. The molecule has 4 nitrogen and oxygen atoms in total. The summed E-state index contributed by atoms with van der Waals surface area (Å²) in [5.74, 6) is 0.210. The topological polar surface area (TPSA) is 58.6 Å². The fourth-order valence-electron chi connectivity index (χ4n) is 2.50. The van der Waals surface area contributed by atoms with Gasteiger partial charge in [0, 0.05) is 11.8 Å². The number of phenolic OH excluding ortho intramolecular Hbond substituents is 1. The number of phenols is 1. The summed E-state index contributed by atoms with van der Waals surface area (Å²) in [6, 6.07) is 4.97. The molecule has 2 rings (SSSR count). The Kier molecular flexibility index (Phi) is 9.45. The van der Waals surface area contributed by atoms with Crippen LogP contribution in [0.2, 0.25) is 0 Å². The molecule has 0 aliphatic heterocycles. The summed E-state index contributed by atoms with van der Waals surface area (Å²) < 4.78 is 5.00. The van der Waals surface area contributed by atoms with Crippen molar-refractivity contribution in [2.24, 2.45) is 0 Å². The largest absolute Gasteiger partial charge is 0.504 e. The molecule has 2 N–H and O–H groups in total. The van der Waals surface area contributed by atoms with Crippen molar-refractivity contribution in [3.63, 3.8) is 0 Å². The lowest BCUT2D eigenvalue weighted by Gasteiger charge is -2.09. The number of rotatable bonds is 5. The average molecular weight is 367 g/mol. The van der Waals surface area contributed by atoms with Crippen LogP contribution >= 0.6 is 0 Å². The summed E-state index contributed by atoms with van der Waals surface area (Å²) >= 11 is 0. The van der Waals surface area contributed by atoms with Gasteiger partial charge in [-0.3, -0.25) is 4.79 Å². The molecule has 0 unspecified atom stereocenters. The molecule has 0 spiro atoms. The highest BCUT2D eigenvalue weighted by atomic mass is 16.5. The number of hydrogen-bond donors (Lipinski definition) is 2. The Bertz CT molecular complexity index is 796. The van der Waals surface area contributed by atoms with Crippen LogP contribution in [-0.2, 0) is 4.79 Å². The van der Waals surface area contributed by atoms with Crippen LogP contribution in [0, 0.1) is 0 Å². The molecule has 0 atom stereocenters. The fourth-order valence-corrected chi connectivity index (χ4v) is 2.50. The maximum absolute atomic E-state index is 12.2. The van der Waals surface area contributed by atoms with Crippen molar-refractivity contribution in [1.29, 1.82) is 0 Å². The van der Waals surface area contributed by atoms with Crippen LogP contribution in [0.1, 0.15) is 39.7 Å². The van der Waals surface area contributed by atoms with Gasteiger partial charge >= 0.3 is 0 Å². The summed E-state index contributed by atoms with van der Waals surface area (Å²) in [7, 11) is 1.49. The van der Waals surface area contributed by atoms with Crippen LogP contribution in [0.4, 0.5) is 0 Å². The maximum Gasteiger partial charge on any atom is 0.248 e. The maximum atomic E-state index is 12.2. The number of carbonyl (C=O) groups is 1. The van der Waals surface area contributed by atoms with Crippen LogP contribution in [0.5, 0.6) is 11.5 Å².